The molecule has 0 aliphatic rings. The van der Waals surface area contributed by atoms with Crippen LogP contribution in [0.25, 0.3) is 0 Å². The summed E-state index contributed by atoms with van der Waals surface area (Å²) in [5.74, 6) is 0. The monoisotopic (exact) mass is 528 g/mol. The minimum Gasteiger partial charge on any atom is -0.744 e. The largest absolute Gasteiger partial charge is 0.744 e. The highest BCUT2D eigenvalue weighted by molar-refractivity contribution is 7.85. The van der Waals surface area contributed by atoms with Gasteiger partial charge in [-0.3, -0.25) is 20.2 Å². The van der Waals surface area contributed by atoms with Crippen LogP contribution in [-0.4, -0.2) is 22.8 Å². The molecule has 0 saturated heterocycles. The molecule has 0 fully saturated rings. The Labute approximate surface area is 176 Å². The lowest BCUT2D eigenvalue weighted by Crippen LogP contribution is -3.61. The van der Waals surface area contributed by atoms with Crippen molar-refractivity contribution in [1.29, 1.82) is 0 Å². The van der Waals surface area contributed by atoms with Crippen LogP contribution in [0.1, 0.15) is 0 Å². The van der Waals surface area contributed by atoms with E-state index in [-0.39, 0.29) is 21.2 Å². The first-order chi connectivity index (χ1) is 13.7. The summed E-state index contributed by atoms with van der Waals surface area (Å²) in [6.07, 6.45) is 0. The smallest absolute Gasteiger partial charge is 0.357 e. The zero-order chi connectivity index (χ0) is 21.4. The highest BCUT2D eigenvalue weighted by atomic mass is 127. The van der Waals surface area contributed by atoms with Gasteiger partial charge < -0.3 is 4.55 Å². The molecule has 3 aromatic carbocycles. The minimum absolute atomic E-state index is 0.0287. The number of hydrogen-bond donors (Lipinski definition) is 0. The van der Waals surface area contributed by atoms with Crippen molar-refractivity contribution in [3.8, 4) is 0 Å². The zero-order valence-electron chi connectivity index (χ0n) is 14.5. The van der Waals surface area contributed by atoms with Crippen molar-refractivity contribution in [2.45, 2.75) is 4.90 Å². The Balaban J connectivity index is 0.000000211. The lowest BCUT2D eigenvalue weighted by Gasteiger charge is -2.05. The average molecular weight is 528 g/mol. The summed E-state index contributed by atoms with van der Waals surface area (Å²) < 4.78 is 34.7. The van der Waals surface area contributed by atoms with Crippen molar-refractivity contribution in [3.05, 3.63) is 106 Å². The maximum absolute atomic E-state index is 10.6. The van der Waals surface area contributed by atoms with Crippen molar-refractivity contribution in [3.63, 3.8) is 0 Å². The van der Waals surface area contributed by atoms with Gasteiger partial charge >= 0.3 is 21.2 Å². The van der Waals surface area contributed by atoms with E-state index in [0.717, 1.165) is 0 Å². The fraction of sp³-hybridized carbons (Fsp3) is 0. The van der Waals surface area contributed by atoms with Crippen LogP contribution in [0, 0.1) is 27.4 Å². The second kappa shape index (κ2) is 10.0. The number of hydrogen-bond acceptors (Lipinski definition) is 7. The molecule has 0 N–H and O–H groups in total. The molecule has 0 aromatic heterocycles. The summed E-state index contributed by atoms with van der Waals surface area (Å²) in [6.45, 7) is 0. The number of benzene rings is 3. The summed E-state index contributed by atoms with van der Waals surface area (Å²) in [5, 5.41) is 20.7. The maximum atomic E-state index is 10.6. The first kappa shape index (κ1) is 22.4. The van der Waals surface area contributed by atoms with Gasteiger partial charge in [-0.05, 0) is 24.3 Å². The molecule has 0 saturated carbocycles. The van der Waals surface area contributed by atoms with Gasteiger partial charge in [-0.2, -0.15) is 0 Å². The van der Waals surface area contributed by atoms with Gasteiger partial charge in [0.2, 0.25) is 0 Å². The third kappa shape index (κ3) is 7.21. The fourth-order valence-corrected chi connectivity index (χ4v) is 4.80. The van der Waals surface area contributed by atoms with Gasteiger partial charge in [0.05, 0.1) is 20.8 Å². The van der Waals surface area contributed by atoms with Gasteiger partial charge in [0, 0.05) is 12.1 Å². The molecule has 0 spiro atoms. The molecule has 0 heterocycles. The predicted octanol–water partition coefficient (Wildman–Crippen LogP) is 0.222. The van der Waals surface area contributed by atoms with E-state index in [4.69, 9.17) is 0 Å². The fourth-order valence-electron chi connectivity index (χ4n) is 2.00. The Morgan fingerprint density at radius 2 is 1.07 bits per heavy atom. The molecule has 3 aromatic rings. The maximum Gasteiger partial charge on any atom is 0.357 e. The van der Waals surface area contributed by atoms with E-state index >= 15 is 0 Å². The van der Waals surface area contributed by atoms with E-state index in [1.807, 2.05) is 0 Å². The zero-order valence-corrected chi connectivity index (χ0v) is 17.5. The molecule has 0 bridgehead atoms. The number of nitrogens with zero attached hydrogens (tertiary/aromatic N) is 2. The lowest BCUT2D eigenvalue weighted by atomic mass is 10.3. The van der Waals surface area contributed by atoms with Crippen molar-refractivity contribution in [2.75, 3.05) is 0 Å². The lowest BCUT2D eigenvalue weighted by molar-refractivity contribution is -0.597. The molecule has 3 rings (SSSR count). The number of rotatable bonds is 5. The Hall–Kier alpha value is -2.90. The van der Waals surface area contributed by atoms with Gasteiger partial charge in [0.1, 0.15) is 10.1 Å². The molecule has 29 heavy (non-hydrogen) atoms. The first-order valence-corrected chi connectivity index (χ1v) is 11.4. The normalized spacial score (nSPS) is 10.5. The van der Waals surface area contributed by atoms with Crippen LogP contribution in [0.2, 0.25) is 0 Å². The quantitative estimate of drug-likeness (QED) is 0.200. The van der Waals surface area contributed by atoms with Gasteiger partial charge in [0.15, 0.2) is 7.14 Å². The van der Waals surface area contributed by atoms with E-state index in [0.29, 0.717) is 18.2 Å². The predicted molar refractivity (Wildman–Crippen MR) is 98.0 cm³/mol. The van der Waals surface area contributed by atoms with Crippen molar-refractivity contribution < 1.29 is 44.0 Å². The van der Waals surface area contributed by atoms with Crippen molar-refractivity contribution >= 4 is 21.5 Å². The molecule has 150 valence electrons. The highest BCUT2D eigenvalue weighted by Crippen LogP contribution is 2.25. The molecular weight excluding hydrogens is 515 g/mol. The number of halogens is 1. The summed E-state index contributed by atoms with van der Waals surface area (Å²) in [6, 6.07) is 22.9. The second-order valence-electron chi connectivity index (χ2n) is 5.34. The average Bonchev–Trinajstić information content (AvgIpc) is 2.69. The Bertz CT molecular complexity index is 1040. The summed E-state index contributed by atoms with van der Waals surface area (Å²) >= 11 is 0.0287. The molecule has 0 aliphatic heterocycles. The van der Waals surface area contributed by atoms with Crippen LogP contribution >= 0.6 is 0 Å². The van der Waals surface area contributed by atoms with Crippen molar-refractivity contribution in [2.24, 2.45) is 0 Å². The molecule has 9 nitrogen and oxygen atoms in total. The van der Waals surface area contributed by atoms with Crippen LogP contribution in [0.15, 0.2) is 83.8 Å². The van der Waals surface area contributed by atoms with Crippen LogP contribution in [0.3, 0.4) is 0 Å². The topological polar surface area (TPSA) is 143 Å². The third-order valence-corrected chi connectivity index (χ3v) is 6.77. The minimum atomic E-state index is -4.97. The molecule has 0 atom stereocenters. The van der Waals surface area contributed by atoms with Crippen LogP contribution < -0.4 is 21.2 Å². The molecule has 0 unspecified atom stereocenters. The Morgan fingerprint density at radius 1 is 0.690 bits per heavy atom. The van der Waals surface area contributed by atoms with Crippen LogP contribution in [0.5, 0.6) is 0 Å². The van der Waals surface area contributed by atoms with Crippen LogP contribution in [-0.2, 0) is 10.1 Å². The van der Waals surface area contributed by atoms with Gasteiger partial charge in [0.25, 0.3) is 11.4 Å². The molecule has 11 heteroatoms. The van der Waals surface area contributed by atoms with Crippen molar-refractivity contribution in [1.82, 2.24) is 0 Å². The third-order valence-electron chi connectivity index (χ3n) is 3.27. The van der Waals surface area contributed by atoms with E-state index < -0.39 is 36.2 Å². The van der Waals surface area contributed by atoms with E-state index in [9.17, 15) is 33.2 Å². The van der Waals surface area contributed by atoms with E-state index in [1.165, 1.54) is 7.14 Å². The molecule has 0 amide bonds. The Morgan fingerprint density at radius 3 is 1.38 bits per heavy atom. The summed E-state index contributed by atoms with van der Waals surface area (Å²) in [5.41, 5.74) is -1.66. The summed E-state index contributed by atoms with van der Waals surface area (Å²) in [4.78, 5) is 17.6. The highest BCUT2D eigenvalue weighted by Gasteiger charge is 2.18. The second-order valence-corrected chi connectivity index (χ2v) is 9.75. The van der Waals surface area contributed by atoms with Crippen LogP contribution in [0.4, 0.5) is 11.4 Å². The van der Waals surface area contributed by atoms with Gasteiger partial charge in [-0.1, -0.05) is 36.4 Å². The number of nitro groups is 2. The first-order valence-electron chi connectivity index (χ1n) is 7.81. The van der Waals surface area contributed by atoms with Gasteiger partial charge in [-0.15, -0.1) is 0 Å². The molecule has 0 radical (unpaired) electrons. The standard InChI is InChI=1S/C12H10I.C6H4N2O7S/c1-3-7-11(8-4-1)13-12-9-5-2-6-10-12;9-7(10)4-1-5(8(11)12)3-6(2-4)16(13,14)15/h1-10H;1-3H,(H,13,14,15)/q+1;/p-1. The number of nitro benzene ring substituents is 2. The summed E-state index contributed by atoms with van der Waals surface area (Å²) in [7, 11) is -4.97. The van der Waals surface area contributed by atoms with E-state index in [1.54, 1.807) is 0 Å². The number of non-ortho nitro benzene ring substituents is 2. The van der Waals surface area contributed by atoms with E-state index in [2.05, 4.69) is 60.7 Å². The SMILES string of the molecule is O=[N+]([O-])c1cc([N+](=O)[O-])cc(S(=O)(=O)[O-])c1.c1ccc([I+]c2ccccc2)cc1. The van der Waals surface area contributed by atoms with Gasteiger partial charge in [-0.25, -0.2) is 8.42 Å². The Kier molecular flexibility index (Phi) is 7.75. The molecular formula is C18H13IN2O7S. The molecule has 0 aliphatic carbocycles.